The summed E-state index contributed by atoms with van der Waals surface area (Å²) in [5.74, 6) is 3.08. The Kier molecular flexibility index (Phi) is 6.62. The van der Waals surface area contributed by atoms with Crippen LogP contribution in [0.15, 0.2) is 85.6 Å². The molecule has 0 N–H and O–H groups in total. The summed E-state index contributed by atoms with van der Waals surface area (Å²) in [6.07, 6.45) is 3.83. The standard InChI is InChI=1S/C14H13B.C7H12N2/c1-2-15(13-9-5-3-6-10-13)14-11-7-4-8-12-14;1-6(2)9-5-4-8-7(9)3/h2-12H,1H2;4-6H,1-3H3. The number of aromatic nitrogens is 2. The van der Waals surface area contributed by atoms with Crippen molar-refractivity contribution in [2.45, 2.75) is 26.8 Å². The van der Waals surface area contributed by atoms with Crippen LogP contribution in [0.2, 0.25) is 0 Å². The maximum absolute atomic E-state index is 4.10. The van der Waals surface area contributed by atoms with Crippen molar-refractivity contribution < 1.29 is 0 Å². The summed E-state index contributed by atoms with van der Waals surface area (Å²) >= 11 is 0. The molecular formula is C21H25BN2. The molecule has 0 aliphatic carbocycles. The van der Waals surface area contributed by atoms with Crippen LogP contribution in [0.5, 0.6) is 0 Å². The third kappa shape index (κ3) is 4.72. The Morgan fingerprint density at radius 2 is 1.46 bits per heavy atom. The van der Waals surface area contributed by atoms with Gasteiger partial charge in [-0.3, -0.25) is 0 Å². The lowest BCUT2D eigenvalue weighted by molar-refractivity contribution is 0.582. The molecule has 1 aromatic heterocycles. The number of hydrogen-bond donors (Lipinski definition) is 0. The summed E-state index contributed by atoms with van der Waals surface area (Å²) < 4.78 is 2.14. The molecule has 0 bridgehead atoms. The quantitative estimate of drug-likeness (QED) is 0.670. The lowest BCUT2D eigenvalue weighted by atomic mass is 9.41. The number of aryl methyl sites for hydroxylation is 1. The van der Waals surface area contributed by atoms with Crippen LogP contribution in [-0.4, -0.2) is 16.3 Å². The van der Waals surface area contributed by atoms with Crippen LogP contribution in [0.4, 0.5) is 0 Å². The maximum atomic E-state index is 4.10. The highest BCUT2D eigenvalue weighted by atomic mass is 15.1. The first-order chi connectivity index (χ1) is 11.6. The van der Waals surface area contributed by atoms with Crippen LogP contribution >= 0.6 is 0 Å². The molecule has 0 amide bonds. The number of benzene rings is 2. The highest BCUT2D eigenvalue weighted by Gasteiger charge is 2.13. The van der Waals surface area contributed by atoms with Crippen LogP contribution in [0.3, 0.4) is 0 Å². The van der Waals surface area contributed by atoms with Gasteiger partial charge in [0.05, 0.1) is 0 Å². The molecule has 122 valence electrons. The van der Waals surface area contributed by atoms with Gasteiger partial charge in [-0.15, -0.1) is 12.6 Å². The minimum Gasteiger partial charge on any atom is -0.333 e. The van der Waals surface area contributed by atoms with Crippen LogP contribution < -0.4 is 10.9 Å². The van der Waals surface area contributed by atoms with Gasteiger partial charge in [0.1, 0.15) is 5.82 Å². The Balaban J connectivity index is 0.000000198. The SMILES string of the molecule is C=CB(c1ccccc1)c1ccccc1.Cc1nccn1C(C)C. The summed E-state index contributed by atoms with van der Waals surface area (Å²) in [6.45, 7) is 10.5. The maximum Gasteiger partial charge on any atom is 0.233 e. The molecule has 1 heterocycles. The van der Waals surface area contributed by atoms with Gasteiger partial charge in [0, 0.05) is 18.4 Å². The molecular weight excluding hydrogens is 291 g/mol. The molecule has 0 aliphatic rings. The van der Waals surface area contributed by atoms with Crippen molar-refractivity contribution in [2.24, 2.45) is 0 Å². The van der Waals surface area contributed by atoms with Gasteiger partial charge < -0.3 is 4.57 Å². The largest absolute Gasteiger partial charge is 0.333 e. The average Bonchev–Trinajstić information content (AvgIpc) is 3.04. The Hall–Kier alpha value is -2.55. The topological polar surface area (TPSA) is 17.8 Å². The van der Waals surface area contributed by atoms with Crippen LogP contribution in [-0.2, 0) is 0 Å². The fourth-order valence-electron chi connectivity index (χ4n) is 2.72. The Bertz CT molecular complexity index is 693. The molecule has 0 fully saturated rings. The van der Waals surface area contributed by atoms with E-state index in [1.807, 2.05) is 37.4 Å². The zero-order valence-corrected chi connectivity index (χ0v) is 14.8. The molecule has 0 radical (unpaired) electrons. The molecule has 0 saturated carbocycles. The van der Waals surface area contributed by atoms with Crippen molar-refractivity contribution in [2.75, 3.05) is 0 Å². The molecule has 0 aliphatic heterocycles. The fraction of sp³-hybridized carbons (Fsp3) is 0.190. The third-order valence-electron chi connectivity index (χ3n) is 3.97. The van der Waals surface area contributed by atoms with Gasteiger partial charge in [0.25, 0.3) is 0 Å². The average molecular weight is 316 g/mol. The molecule has 0 saturated heterocycles. The van der Waals surface area contributed by atoms with E-state index in [9.17, 15) is 0 Å². The van der Waals surface area contributed by atoms with E-state index < -0.39 is 0 Å². The molecule has 24 heavy (non-hydrogen) atoms. The van der Waals surface area contributed by atoms with Gasteiger partial charge in [-0.05, 0) is 20.8 Å². The van der Waals surface area contributed by atoms with Gasteiger partial charge in [0.15, 0.2) is 0 Å². The minimum absolute atomic E-state index is 0.299. The third-order valence-corrected chi connectivity index (χ3v) is 3.97. The van der Waals surface area contributed by atoms with E-state index in [1.54, 1.807) is 0 Å². The van der Waals surface area contributed by atoms with Crippen molar-refractivity contribution >= 4 is 17.6 Å². The molecule has 3 rings (SSSR count). The smallest absolute Gasteiger partial charge is 0.233 e. The first kappa shape index (κ1) is 17.8. The second kappa shape index (κ2) is 8.92. The second-order valence-electron chi connectivity index (χ2n) is 6.01. The zero-order valence-electron chi connectivity index (χ0n) is 14.8. The van der Waals surface area contributed by atoms with Crippen LogP contribution in [0.1, 0.15) is 25.7 Å². The summed E-state index contributed by atoms with van der Waals surface area (Å²) in [5, 5.41) is 0. The van der Waals surface area contributed by atoms with Crippen LogP contribution in [0, 0.1) is 6.92 Å². The van der Waals surface area contributed by atoms with Crippen molar-refractivity contribution in [3.05, 3.63) is 91.4 Å². The summed E-state index contributed by atoms with van der Waals surface area (Å²) in [7, 11) is 0. The molecule has 2 aromatic carbocycles. The Labute approximate surface area is 146 Å². The molecule has 3 heteroatoms. The predicted molar refractivity (Wildman–Crippen MR) is 105 cm³/mol. The Morgan fingerprint density at radius 1 is 0.958 bits per heavy atom. The van der Waals surface area contributed by atoms with Crippen LogP contribution in [0.25, 0.3) is 0 Å². The Morgan fingerprint density at radius 3 is 1.75 bits per heavy atom. The van der Waals surface area contributed by atoms with Crippen molar-refractivity contribution in [3.63, 3.8) is 0 Å². The monoisotopic (exact) mass is 316 g/mol. The van der Waals surface area contributed by atoms with Crippen molar-refractivity contribution in [1.82, 2.24) is 9.55 Å². The normalized spacial score (nSPS) is 10.0. The van der Waals surface area contributed by atoms with Gasteiger partial charge >= 0.3 is 0 Å². The van der Waals surface area contributed by atoms with E-state index >= 15 is 0 Å². The van der Waals surface area contributed by atoms with E-state index in [1.165, 1.54) is 10.9 Å². The first-order valence-corrected chi connectivity index (χ1v) is 8.35. The van der Waals surface area contributed by atoms with E-state index in [2.05, 4.69) is 78.5 Å². The van der Waals surface area contributed by atoms with Crippen molar-refractivity contribution in [1.29, 1.82) is 0 Å². The van der Waals surface area contributed by atoms with Gasteiger partial charge in [-0.2, -0.15) is 0 Å². The summed E-state index contributed by atoms with van der Waals surface area (Å²) in [6, 6.07) is 21.4. The predicted octanol–water partition coefficient (Wildman–Crippen LogP) is 3.79. The second-order valence-corrected chi connectivity index (χ2v) is 6.01. The number of nitrogens with zero attached hydrogens (tertiary/aromatic N) is 2. The molecule has 3 aromatic rings. The van der Waals surface area contributed by atoms with Gasteiger partial charge in [-0.1, -0.05) is 71.6 Å². The lowest BCUT2D eigenvalue weighted by Crippen LogP contribution is -2.40. The van der Waals surface area contributed by atoms with E-state index in [4.69, 9.17) is 0 Å². The van der Waals surface area contributed by atoms with Gasteiger partial charge in [-0.25, -0.2) is 4.98 Å². The number of imidazole rings is 1. The zero-order chi connectivity index (χ0) is 17.4. The van der Waals surface area contributed by atoms with E-state index in [0.717, 1.165) is 5.82 Å². The molecule has 0 unspecified atom stereocenters. The molecule has 0 spiro atoms. The summed E-state index contributed by atoms with van der Waals surface area (Å²) in [4.78, 5) is 4.10. The molecule has 0 atom stereocenters. The first-order valence-electron chi connectivity index (χ1n) is 8.35. The van der Waals surface area contributed by atoms with Gasteiger partial charge in [0.2, 0.25) is 6.71 Å². The molecule has 2 nitrogen and oxygen atoms in total. The lowest BCUT2D eigenvalue weighted by Gasteiger charge is -2.09. The summed E-state index contributed by atoms with van der Waals surface area (Å²) in [5.41, 5.74) is 2.58. The minimum atomic E-state index is 0.299. The van der Waals surface area contributed by atoms with Crippen molar-refractivity contribution in [3.8, 4) is 0 Å². The fourth-order valence-corrected chi connectivity index (χ4v) is 2.72. The van der Waals surface area contributed by atoms with E-state index in [0.29, 0.717) is 12.8 Å². The highest BCUT2D eigenvalue weighted by molar-refractivity contribution is 6.89. The number of rotatable bonds is 4. The highest BCUT2D eigenvalue weighted by Crippen LogP contribution is 2.05. The van der Waals surface area contributed by atoms with E-state index in [-0.39, 0.29) is 0 Å². The number of hydrogen-bond acceptors (Lipinski definition) is 1.